The molecule has 146 valence electrons. The lowest BCUT2D eigenvalue weighted by Gasteiger charge is -2.13. The van der Waals surface area contributed by atoms with Gasteiger partial charge in [0.2, 0.25) is 0 Å². The standard InChI is InChI=1S/C22H19N3O4/c1-16(22(26)24-23-15-17-6-5-9-20(14-17)25(27)28)29-21-12-10-19(11-13-21)18-7-3-2-4-8-18/h2-16H,1H3,(H,24,26)/b23-15-/t16-/m1/s1. The lowest BCUT2D eigenvalue weighted by molar-refractivity contribution is -0.384. The van der Waals surface area contributed by atoms with Crippen LogP contribution in [0.1, 0.15) is 12.5 Å². The minimum Gasteiger partial charge on any atom is -0.481 e. The van der Waals surface area contributed by atoms with Crippen molar-refractivity contribution in [1.82, 2.24) is 5.43 Å². The van der Waals surface area contributed by atoms with Gasteiger partial charge in [0.05, 0.1) is 11.1 Å². The van der Waals surface area contributed by atoms with Crippen molar-refractivity contribution >= 4 is 17.8 Å². The van der Waals surface area contributed by atoms with E-state index in [1.54, 1.807) is 31.2 Å². The number of carbonyl (C=O) groups is 1. The maximum atomic E-state index is 12.1. The van der Waals surface area contributed by atoms with E-state index in [1.165, 1.54) is 18.3 Å². The average Bonchev–Trinajstić information content (AvgIpc) is 2.75. The van der Waals surface area contributed by atoms with Crippen molar-refractivity contribution < 1.29 is 14.5 Å². The molecular weight excluding hydrogens is 370 g/mol. The molecule has 0 aliphatic carbocycles. The topological polar surface area (TPSA) is 93.8 Å². The number of hydrogen-bond acceptors (Lipinski definition) is 5. The lowest BCUT2D eigenvalue weighted by atomic mass is 10.1. The summed E-state index contributed by atoms with van der Waals surface area (Å²) < 4.78 is 5.65. The fourth-order valence-corrected chi connectivity index (χ4v) is 2.59. The van der Waals surface area contributed by atoms with Crippen LogP contribution in [0.4, 0.5) is 5.69 Å². The maximum Gasteiger partial charge on any atom is 0.280 e. The number of amides is 1. The van der Waals surface area contributed by atoms with Gasteiger partial charge in [-0.3, -0.25) is 14.9 Å². The fourth-order valence-electron chi connectivity index (χ4n) is 2.59. The van der Waals surface area contributed by atoms with E-state index in [0.29, 0.717) is 11.3 Å². The summed E-state index contributed by atoms with van der Waals surface area (Å²) in [6, 6.07) is 23.4. The molecule has 1 amide bonds. The predicted molar refractivity (Wildman–Crippen MR) is 111 cm³/mol. The number of carbonyl (C=O) groups excluding carboxylic acids is 1. The largest absolute Gasteiger partial charge is 0.481 e. The van der Waals surface area contributed by atoms with Crippen LogP contribution in [0.2, 0.25) is 0 Å². The van der Waals surface area contributed by atoms with Gasteiger partial charge in [0.1, 0.15) is 5.75 Å². The van der Waals surface area contributed by atoms with Gasteiger partial charge in [0, 0.05) is 17.7 Å². The number of nitrogens with one attached hydrogen (secondary N) is 1. The van der Waals surface area contributed by atoms with E-state index in [9.17, 15) is 14.9 Å². The van der Waals surface area contributed by atoms with Gasteiger partial charge in [-0.1, -0.05) is 54.6 Å². The number of rotatable bonds is 7. The van der Waals surface area contributed by atoms with E-state index in [-0.39, 0.29) is 5.69 Å². The molecule has 0 saturated carbocycles. The summed E-state index contributed by atoms with van der Waals surface area (Å²) in [5.74, 6) is 0.133. The van der Waals surface area contributed by atoms with Crippen molar-refractivity contribution in [2.75, 3.05) is 0 Å². The number of non-ortho nitro benzene ring substituents is 1. The first-order valence-electron chi connectivity index (χ1n) is 8.92. The Hall–Kier alpha value is -4.00. The molecule has 3 aromatic carbocycles. The minimum absolute atomic E-state index is 0.0454. The Morgan fingerprint density at radius 1 is 1.03 bits per heavy atom. The summed E-state index contributed by atoms with van der Waals surface area (Å²) >= 11 is 0. The van der Waals surface area contributed by atoms with Gasteiger partial charge in [0.15, 0.2) is 6.10 Å². The average molecular weight is 389 g/mol. The summed E-state index contributed by atoms with van der Waals surface area (Å²) in [4.78, 5) is 22.4. The third-order valence-corrected chi connectivity index (χ3v) is 4.11. The summed E-state index contributed by atoms with van der Waals surface area (Å²) in [6.07, 6.45) is 0.576. The van der Waals surface area contributed by atoms with Crippen molar-refractivity contribution in [1.29, 1.82) is 0 Å². The number of benzene rings is 3. The molecule has 7 heteroatoms. The van der Waals surface area contributed by atoms with Crippen LogP contribution in [0.3, 0.4) is 0 Å². The zero-order valence-corrected chi connectivity index (χ0v) is 15.7. The van der Waals surface area contributed by atoms with Crippen LogP contribution in [-0.4, -0.2) is 23.1 Å². The summed E-state index contributed by atoms with van der Waals surface area (Å²) in [5.41, 5.74) is 4.98. The van der Waals surface area contributed by atoms with Crippen molar-refractivity contribution in [2.24, 2.45) is 5.10 Å². The van der Waals surface area contributed by atoms with E-state index < -0.39 is 16.9 Å². The van der Waals surface area contributed by atoms with E-state index in [0.717, 1.165) is 11.1 Å². The number of nitro groups is 1. The van der Waals surface area contributed by atoms with Crippen molar-refractivity contribution in [3.05, 3.63) is 94.5 Å². The zero-order valence-electron chi connectivity index (χ0n) is 15.7. The monoisotopic (exact) mass is 389 g/mol. The third kappa shape index (κ3) is 5.49. The molecule has 0 saturated heterocycles. The first-order chi connectivity index (χ1) is 14.0. The number of ether oxygens (including phenoxy) is 1. The maximum absolute atomic E-state index is 12.1. The van der Waals surface area contributed by atoms with Crippen LogP contribution >= 0.6 is 0 Å². The van der Waals surface area contributed by atoms with Gasteiger partial charge in [-0.05, 0) is 30.2 Å². The highest BCUT2D eigenvalue weighted by Gasteiger charge is 2.14. The highest BCUT2D eigenvalue weighted by Crippen LogP contribution is 2.22. The van der Waals surface area contributed by atoms with Crippen LogP contribution in [0.15, 0.2) is 84.0 Å². The van der Waals surface area contributed by atoms with Crippen LogP contribution < -0.4 is 10.2 Å². The van der Waals surface area contributed by atoms with Gasteiger partial charge in [-0.15, -0.1) is 0 Å². The molecule has 0 fully saturated rings. The predicted octanol–water partition coefficient (Wildman–Crippen LogP) is 4.18. The second-order valence-electron chi connectivity index (χ2n) is 6.24. The lowest BCUT2D eigenvalue weighted by Crippen LogP contribution is -2.33. The molecule has 0 aromatic heterocycles. The van der Waals surface area contributed by atoms with Crippen LogP contribution in [-0.2, 0) is 4.79 Å². The summed E-state index contributed by atoms with van der Waals surface area (Å²) in [6.45, 7) is 1.61. The molecule has 0 aliphatic rings. The second kappa shape index (κ2) is 9.27. The molecule has 3 aromatic rings. The molecular formula is C22H19N3O4. The Balaban J connectivity index is 1.55. The minimum atomic E-state index is -0.764. The molecule has 0 heterocycles. The van der Waals surface area contributed by atoms with Gasteiger partial charge >= 0.3 is 0 Å². The fraction of sp³-hybridized carbons (Fsp3) is 0.0909. The molecule has 1 N–H and O–H groups in total. The Morgan fingerprint density at radius 3 is 2.41 bits per heavy atom. The molecule has 0 unspecified atom stereocenters. The molecule has 7 nitrogen and oxygen atoms in total. The second-order valence-corrected chi connectivity index (χ2v) is 6.24. The number of hydrazone groups is 1. The molecule has 0 bridgehead atoms. The highest BCUT2D eigenvalue weighted by atomic mass is 16.6. The summed E-state index contributed by atoms with van der Waals surface area (Å²) in [5, 5.41) is 14.6. The molecule has 1 atom stereocenters. The Kier molecular flexibility index (Phi) is 6.32. The Labute approximate surface area is 167 Å². The first kappa shape index (κ1) is 19.8. The SMILES string of the molecule is C[C@@H](Oc1ccc(-c2ccccc2)cc1)C(=O)N/N=C\c1cccc([N+](=O)[O-])c1. The molecule has 0 spiro atoms. The Morgan fingerprint density at radius 2 is 1.72 bits per heavy atom. The smallest absolute Gasteiger partial charge is 0.280 e. The van der Waals surface area contributed by atoms with Crippen molar-refractivity contribution in [2.45, 2.75) is 13.0 Å². The molecule has 0 aliphatic heterocycles. The van der Waals surface area contributed by atoms with Gasteiger partial charge in [0.25, 0.3) is 11.6 Å². The van der Waals surface area contributed by atoms with Gasteiger partial charge in [-0.25, -0.2) is 5.43 Å². The Bertz CT molecular complexity index is 1020. The normalized spacial score (nSPS) is 11.8. The van der Waals surface area contributed by atoms with E-state index >= 15 is 0 Å². The van der Waals surface area contributed by atoms with Gasteiger partial charge < -0.3 is 4.74 Å². The third-order valence-electron chi connectivity index (χ3n) is 4.11. The van der Waals surface area contributed by atoms with E-state index in [2.05, 4.69) is 10.5 Å². The number of hydrogen-bond donors (Lipinski definition) is 1. The van der Waals surface area contributed by atoms with E-state index in [4.69, 9.17) is 4.74 Å². The molecule has 29 heavy (non-hydrogen) atoms. The first-order valence-corrected chi connectivity index (χ1v) is 8.92. The van der Waals surface area contributed by atoms with E-state index in [1.807, 2.05) is 42.5 Å². The molecule has 0 radical (unpaired) electrons. The van der Waals surface area contributed by atoms with Crippen molar-refractivity contribution in [3.8, 4) is 16.9 Å². The zero-order chi connectivity index (χ0) is 20.6. The molecule has 3 rings (SSSR count). The van der Waals surface area contributed by atoms with Crippen molar-refractivity contribution in [3.63, 3.8) is 0 Å². The van der Waals surface area contributed by atoms with Crippen LogP contribution in [0.5, 0.6) is 5.75 Å². The quantitative estimate of drug-likeness (QED) is 0.373. The van der Waals surface area contributed by atoms with Crippen LogP contribution in [0.25, 0.3) is 11.1 Å². The van der Waals surface area contributed by atoms with Gasteiger partial charge in [-0.2, -0.15) is 5.10 Å². The number of nitro benzene ring substituents is 1. The number of nitrogens with zero attached hydrogens (tertiary/aromatic N) is 2. The highest BCUT2D eigenvalue weighted by molar-refractivity contribution is 5.84. The summed E-state index contributed by atoms with van der Waals surface area (Å²) in [7, 11) is 0. The van der Waals surface area contributed by atoms with Crippen LogP contribution in [0, 0.1) is 10.1 Å².